The molecule has 13 nitrogen and oxygen atoms in total. The predicted octanol–water partition coefficient (Wildman–Crippen LogP) is -4.45. The van der Waals surface area contributed by atoms with Gasteiger partial charge in [-0.1, -0.05) is 30.3 Å². The summed E-state index contributed by atoms with van der Waals surface area (Å²) < 4.78 is 98.8. The maximum atomic E-state index is 12.6. The van der Waals surface area contributed by atoms with Crippen molar-refractivity contribution in [2.45, 2.75) is 8.95 Å². The number of rotatable bonds is 8. The predicted molar refractivity (Wildman–Crippen MR) is 95.4 cm³/mol. The molecular formula is C12H19N2NaO11S3. The molecule has 0 radical (unpaired) electrons. The third kappa shape index (κ3) is 4.52. The summed E-state index contributed by atoms with van der Waals surface area (Å²) >= 11 is 0. The van der Waals surface area contributed by atoms with E-state index in [1.54, 1.807) is 5.32 Å². The van der Waals surface area contributed by atoms with Crippen molar-refractivity contribution < 1.29 is 79.5 Å². The molecule has 1 aromatic carbocycles. The first kappa shape index (κ1) is 28.3. The summed E-state index contributed by atoms with van der Waals surface area (Å²) in [7, 11) is -15.9. The van der Waals surface area contributed by atoms with E-state index in [4.69, 9.17) is 0 Å². The van der Waals surface area contributed by atoms with Gasteiger partial charge in [-0.25, -0.2) is 4.79 Å². The van der Waals surface area contributed by atoms with Crippen LogP contribution < -0.4 is 34.9 Å². The first-order chi connectivity index (χ1) is 12.5. The van der Waals surface area contributed by atoms with E-state index in [0.29, 0.717) is 24.2 Å². The Kier molecular flexibility index (Phi) is 9.02. The number of nitrogens with zero attached hydrogens (tertiary/aromatic N) is 1. The molecule has 29 heavy (non-hydrogen) atoms. The third-order valence-corrected chi connectivity index (χ3v) is 9.15. The van der Waals surface area contributed by atoms with Gasteiger partial charge in [0.15, 0.2) is 0 Å². The molecule has 0 amide bonds. The van der Waals surface area contributed by atoms with Crippen molar-refractivity contribution in [3.63, 3.8) is 0 Å². The van der Waals surface area contributed by atoms with Gasteiger partial charge in [0, 0.05) is 14.1 Å². The first-order valence-electron chi connectivity index (χ1n) is 7.06. The van der Waals surface area contributed by atoms with Crippen molar-refractivity contribution >= 4 is 36.3 Å². The van der Waals surface area contributed by atoms with E-state index in [1.807, 2.05) is 0 Å². The van der Waals surface area contributed by atoms with Crippen LogP contribution in [-0.2, 0) is 44.1 Å². The van der Waals surface area contributed by atoms with Crippen molar-refractivity contribution in [1.82, 2.24) is 10.4 Å². The van der Waals surface area contributed by atoms with Crippen LogP contribution in [0.4, 0.5) is 0 Å². The molecule has 17 heteroatoms. The van der Waals surface area contributed by atoms with Crippen LogP contribution >= 0.6 is 0 Å². The minimum absolute atomic E-state index is 0. The number of carbonyl (C=O) groups excluding carboxylic acids is 1. The summed E-state index contributed by atoms with van der Waals surface area (Å²) in [6.07, 6.45) is 0. The molecule has 1 atom stereocenters. The number of benzene rings is 1. The summed E-state index contributed by atoms with van der Waals surface area (Å²) in [6, 6.07) is 4.71. The number of hydrogen-bond donors (Lipinski definition) is 4. The van der Waals surface area contributed by atoms with Gasteiger partial charge in [0.25, 0.3) is 39.3 Å². The fourth-order valence-electron chi connectivity index (χ4n) is 2.69. The van der Waals surface area contributed by atoms with Gasteiger partial charge in [-0.15, -0.1) is 5.06 Å². The Balaban J connectivity index is 0. The van der Waals surface area contributed by atoms with E-state index in [0.717, 1.165) is 26.2 Å². The number of likely N-dealkylation sites (N-methyl/N-ethyl adjacent to an activating group) is 1. The van der Waals surface area contributed by atoms with Gasteiger partial charge in [-0.05, 0) is 12.6 Å². The Morgan fingerprint density at radius 1 is 0.966 bits per heavy atom. The van der Waals surface area contributed by atoms with Gasteiger partial charge < -0.3 is 6.26 Å². The van der Waals surface area contributed by atoms with E-state index in [9.17, 15) is 43.7 Å². The Labute approximate surface area is 191 Å². The first-order valence-corrected chi connectivity index (χ1v) is 11.4. The molecule has 4 N–H and O–H groups in total. The molecule has 0 spiro atoms. The van der Waals surface area contributed by atoms with Crippen LogP contribution in [0.5, 0.6) is 0 Å². The normalized spacial score (nSPS) is 15.3. The smallest absolute Gasteiger partial charge is 1.00 e. The molecule has 0 aliphatic carbocycles. The monoisotopic (exact) mass is 486 g/mol. The number of hydrogen-bond acceptors (Lipinski definition) is 10. The summed E-state index contributed by atoms with van der Waals surface area (Å²) in [6.45, 7) is 0. The summed E-state index contributed by atoms with van der Waals surface area (Å²) in [5.41, 5.74) is -1.08. The summed E-state index contributed by atoms with van der Waals surface area (Å²) in [5, 5.41) is 2.15. The second-order valence-corrected chi connectivity index (χ2v) is 10.5. The van der Waals surface area contributed by atoms with Crippen LogP contribution in [0.2, 0.25) is 0 Å². The zero-order valence-corrected chi connectivity index (χ0v) is 20.1. The molecule has 0 heterocycles. The zero-order chi connectivity index (χ0) is 22.2. The van der Waals surface area contributed by atoms with Crippen LogP contribution in [0, 0.1) is 0 Å². The van der Waals surface area contributed by atoms with Crippen LogP contribution in [0.1, 0.15) is 6.99 Å². The average Bonchev–Trinajstić information content (AvgIpc) is 2.48. The van der Waals surface area contributed by atoms with Gasteiger partial charge in [0.1, 0.15) is 0 Å². The minimum Gasteiger partial charge on any atom is -1.00 e. The minimum atomic E-state index is -6.23. The van der Waals surface area contributed by atoms with E-state index >= 15 is 0 Å². The maximum Gasteiger partial charge on any atom is 1.00 e. The van der Waals surface area contributed by atoms with E-state index < -0.39 is 50.8 Å². The maximum absolute atomic E-state index is 12.6. The summed E-state index contributed by atoms with van der Waals surface area (Å²) in [5.74, 6) is -2.18. The molecule has 0 aliphatic rings. The molecule has 0 saturated carbocycles. The quantitative estimate of drug-likeness (QED) is 0.156. The fourth-order valence-corrected chi connectivity index (χ4v) is 7.95. The van der Waals surface area contributed by atoms with E-state index in [2.05, 4.69) is 4.84 Å². The largest absolute Gasteiger partial charge is 1.00 e. The summed E-state index contributed by atoms with van der Waals surface area (Å²) in [4.78, 5) is 13.0. The zero-order valence-electron chi connectivity index (χ0n) is 16.7. The average molecular weight is 486 g/mol. The second kappa shape index (κ2) is 9.23. The van der Waals surface area contributed by atoms with Crippen LogP contribution in [0.25, 0.3) is 0 Å². The Morgan fingerprint density at radius 2 is 1.38 bits per heavy atom. The molecule has 1 aromatic rings. The molecule has 0 aliphatic heterocycles. The van der Waals surface area contributed by atoms with Gasteiger partial charge >= 0.3 is 35.5 Å². The van der Waals surface area contributed by atoms with Gasteiger partial charge in [-0.3, -0.25) is 19.0 Å². The molecule has 0 fully saturated rings. The van der Waals surface area contributed by atoms with Crippen LogP contribution in [-0.4, -0.2) is 76.0 Å². The molecule has 1 rings (SSSR count). The molecule has 1 unspecified atom stereocenters. The van der Waals surface area contributed by atoms with Crippen molar-refractivity contribution in [2.75, 3.05) is 21.1 Å². The number of carbonyl (C=O) groups is 1. The Morgan fingerprint density at radius 3 is 1.66 bits per heavy atom. The van der Waals surface area contributed by atoms with Crippen molar-refractivity contribution in [2.24, 2.45) is 0 Å². The Bertz CT molecular complexity index is 1030. The second-order valence-electron chi connectivity index (χ2n) is 5.53. The van der Waals surface area contributed by atoms with Crippen molar-refractivity contribution in [3.05, 3.63) is 35.9 Å². The molecule has 162 valence electrons. The van der Waals surface area contributed by atoms with E-state index in [-0.39, 0.29) is 31.0 Å². The molecular weight excluding hydrogens is 467 g/mol. The number of hydroxylamine groups is 2. The van der Waals surface area contributed by atoms with Crippen molar-refractivity contribution in [1.29, 1.82) is 0 Å². The van der Waals surface area contributed by atoms with Gasteiger partial charge in [-0.2, -0.15) is 25.3 Å². The fraction of sp³-hybridized carbons (Fsp3) is 0.417. The van der Waals surface area contributed by atoms with Gasteiger partial charge in [0.05, 0.1) is 0 Å². The molecule has 0 bridgehead atoms. The third-order valence-electron chi connectivity index (χ3n) is 3.64. The molecule has 0 aromatic heterocycles. The van der Waals surface area contributed by atoms with Crippen LogP contribution in [0.3, 0.4) is 0 Å². The van der Waals surface area contributed by atoms with Crippen molar-refractivity contribution in [3.8, 4) is 0 Å². The van der Waals surface area contributed by atoms with E-state index in [1.165, 1.54) is 6.07 Å². The van der Waals surface area contributed by atoms with Crippen LogP contribution in [0.15, 0.2) is 30.3 Å². The SMILES string of the molecule is CNC(C(=O)ON(C)C)(C(c1ccccc1)(S(=O)(=O)O)S(=O)(=O)O)S(=O)(=O)O.[H-].[Na+]. The topological polar surface area (TPSA) is 205 Å². The standard InChI is InChI=1S/C12H18N2O11S3.Na.H/c1-13-11(26(16,17)18,10(15)25-14(2)3)12(27(19,20)21,28(22,23)24)9-7-5-4-6-8-9;;/h4-8,13H,1-3H3,(H,16,17,18)(H,19,20,21)(H,22,23,24);;/q;+1;-1. The molecule has 0 saturated heterocycles. The number of nitrogens with one attached hydrogen (secondary N) is 1. The Hall–Kier alpha value is -0.660. The van der Waals surface area contributed by atoms with Gasteiger partial charge in [0.2, 0.25) is 0 Å².